The Labute approximate surface area is 185 Å². The SMILES string of the molecule is C=CCCCC(=O)N[C@@H](COC(C)(C)C)C(=O)N[C@@H](C)C(=O)N[C@@H](CC=C)C(=O)OC. The second-order valence-electron chi connectivity index (χ2n) is 8.06. The molecule has 9 nitrogen and oxygen atoms in total. The van der Waals surface area contributed by atoms with Crippen molar-refractivity contribution in [1.82, 2.24) is 16.0 Å². The Bertz CT molecular complexity index is 642. The third-order valence-corrected chi connectivity index (χ3v) is 4.10. The fraction of sp³-hybridized carbons (Fsp3) is 0.636. The van der Waals surface area contributed by atoms with Crippen molar-refractivity contribution in [3.05, 3.63) is 25.3 Å². The Hall–Kier alpha value is -2.68. The number of rotatable bonds is 14. The molecule has 0 aromatic carbocycles. The predicted molar refractivity (Wildman–Crippen MR) is 118 cm³/mol. The Kier molecular flexibility index (Phi) is 13.1. The number of esters is 1. The Morgan fingerprint density at radius 3 is 2.13 bits per heavy atom. The van der Waals surface area contributed by atoms with Crippen LogP contribution in [0.3, 0.4) is 0 Å². The van der Waals surface area contributed by atoms with E-state index in [2.05, 4.69) is 33.8 Å². The van der Waals surface area contributed by atoms with Gasteiger partial charge in [0.05, 0.1) is 19.3 Å². The number of allylic oxidation sites excluding steroid dienone is 1. The van der Waals surface area contributed by atoms with E-state index in [1.54, 1.807) is 6.08 Å². The number of carbonyl (C=O) groups is 4. The summed E-state index contributed by atoms with van der Waals surface area (Å²) in [6, 6.07) is -2.84. The van der Waals surface area contributed by atoms with Gasteiger partial charge in [-0.25, -0.2) is 4.79 Å². The van der Waals surface area contributed by atoms with E-state index < -0.39 is 41.5 Å². The van der Waals surface area contributed by atoms with Crippen LogP contribution in [0.25, 0.3) is 0 Å². The van der Waals surface area contributed by atoms with Crippen molar-refractivity contribution in [3.8, 4) is 0 Å². The third-order valence-electron chi connectivity index (χ3n) is 4.10. The van der Waals surface area contributed by atoms with E-state index >= 15 is 0 Å². The molecular weight excluding hydrogens is 402 g/mol. The minimum Gasteiger partial charge on any atom is -0.467 e. The maximum atomic E-state index is 12.7. The lowest BCUT2D eigenvalue weighted by atomic mass is 10.1. The predicted octanol–water partition coefficient (Wildman–Crippen LogP) is 1.38. The van der Waals surface area contributed by atoms with Gasteiger partial charge in [-0.1, -0.05) is 12.2 Å². The molecule has 9 heteroatoms. The molecule has 176 valence electrons. The summed E-state index contributed by atoms with van der Waals surface area (Å²) < 4.78 is 10.3. The summed E-state index contributed by atoms with van der Waals surface area (Å²) in [7, 11) is 1.22. The lowest BCUT2D eigenvalue weighted by molar-refractivity contribution is -0.145. The lowest BCUT2D eigenvalue weighted by Crippen LogP contribution is -2.56. The summed E-state index contributed by atoms with van der Waals surface area (Å²) in [6.07, 6.45) is 4.92. The summed E-state index contributed by atoms with van der Waals surface area (Å²) in [5.74, 6) is -2.05. The van der Waals surface area contributed by atoms with Gasteiger partial charge in [-0.3, -0.25) is 14.4 Å². The van der Waals surface area contributed by atoms with Crippen molar-refractivity contribution >= 4 is 23.7 Å². The second-order valence-corrected chi connectivity index (χ2v) is 8.06. The molecule has 0 radical (unpaired) electrons. The van der Waals surface area contributed by atoms with Gasteiger partial charge in [0.25, 0.3) is 0 Å². The van der Waals surface area contributed by atoms with E-state index in [1.165, 1.54) is 20.1 Å². The average Bonchev–Trinajstić information content (AvgIpc) is 2.69. The second kappa shape index (κ2) is 14.3. The molecular formula is C22H37N3O6. The van der Waals surface area contributed by atoms with Crippen LogP contribution in [-0.4, -0.2) is 61.1 Å². The van der Waals surface area contributed by atoms with Gasteiger partial charge >= 0.3 is 5.97 Å². The largest absolute Gasteiger partial charge is 0.467 e. The Morgan fingerprint density at radius 1 is 0.968 bits per heavy atom. The van der Waals surface area contributed by atoms with Crippen LogP contribution in [0.4, 0.5) is 0 Å². The molecule has 0 aliphatic carbocycles. The molecule has 0 rings (SSSR count). The molecule has 0 spiro atoms. The molecule has 0 aromatic rings. The molecule has 0 saturated heterocycles. The van der Waals surface area contributed by atoms with Gasteiger partial charge in [0.1, 0.15) is 18.1 Å². The van der Waals surface area contributed by atoms with Gasteiger partial charge in [0.15, 0.2) is 0 Å². The molecule has 0 aromatic heterocycles. The van der Waals surface area contributed by atoms with Crippen molar-refractivity contribution in [3.63, 3.8) is 0 Å². The van der Waals surface area contributed by atoms with Crippen LogP contribution in [-0.2, 0) is 28.7 Å². The van der Waals surface area contributed by atoms with Crippen molar-refractivity contribution in [2.45, 2.75) is 77.1 Å². The van der Waals surface area contributed by atoms with Gasteiger partial charge in [-0.2, -0.15) is 0 Å². The number of ether oxygens (including phenoxy) is 2. The first-order valence-electron chi connectivity index (χ1n) is 10.3. The summed E-state index contributed by atoms with van der Waals surface area (Å²) >= 11 is 0. The fourth-order valence-electron chi connectivity index (χ4n) is 2.39. The minimum atomic E-state index is -0.977. The minimum absolute atomic E-state index is 0.0574. The zero-order chi connectivity index (χ0) is 24.0. The van der Waals surface area contributed by atoms with Crippen LogP contribution >= 0.6 is 0 Å². The van der Waals surface area contributed by atoms with Crippen LogP contribution in [0.5, 0.6) is 0 Å². The monoisotopic (exact) mass is 439 g/mol. The summed E-state index contributed by atoms with van der Waals surface area (Å²) in [6.45, 7) is 14.1. The molecule has 3 atom stereocenters. The summed E-state index contributed by atoms with van der Waals surface area (Å²) in [5.41, 5.74) is -0.520. The van der Waals surface area contributed by atoms with E-state index in [4.69, 9.17) is 4.74 Å². The number of carbonyl (C=O) groups excluding carboxylic acids is 4. The van der Waals surface area contributed by atoms with Crippen LogP contribution in [0.2, 0.25) is 0 Å². The fourth-order valence-corrected chi connectivity index (χ4v) is 2.39. The lowest BCUT2D eigenvalue weighted by Gasteiger charge is -2.26. The van der Waals surface area contributed by atoms with E-state index in [-0.39, 0.29) is 25.4 Å². The molecule has 3 N–H and O–H groups in total. The van der Waals surface area contributed by atoms with Gasteiger partial charge in [-0.15, -0.1) is 13.2 Å². The molecule has 0 saturated carbocycles. The van der Waals surface area contributed by atoms with E-state index in [0.29, 0.717) is 12.8 Å². The molecule has 3 amide bonds. The van der Waals surface area contributed by atoms with Gasteiger partial charge in [0, 0.05) is 6.42 Å². The highest BCUT2D eigenvalue weighted by molar-refractivity contribution is 5.93. The molecule has 0 aliphatic heterocycles. The Balaban J connectivity index is 5.08. The van der Waals surface area contributed by atoms with Gasteiger partial charge in [-0.05, 0) is 47.0 Å². The van der Waals surface area contributed by atoms with E-state index in [9.17, 15) is 19.2 Å². The van der Waals surface area contributed by atoms with Gasteiger partial charge < -0.3 is 25.4 Å². The topological polar surface area (TPSA) is 123 Å². The quantitative estimate of drug-likeness (QED) is 0.213. The zero-order valence-corrected chi connectivity index (χ0v) is 19.3. The zero-order valence-electron chi connectivity index (χ0n) is 19.3. The smallest absolute Gasteiger partial charge is 0.328 e. The summed E-state index contributed by atoms with van der Waals surface area (Å²) in [5, 5.41) is 7.72. The first kappa shape index (κ1) is 28.3. The standard InChI is InChI=1S/C22H37N3O6/c1-8-10-11-13-18(26)24-17(14-31-22(4,5)6)20(28)23-15(3)19(27)25-16(12-9-2)21(29)30-7/h8-9,15-17H,1-2,10-14H2,3-7H3,(H,23,28)(H,24,26)(H,25,27)/t15-,16-,17-/m0/s1. The highest BCUT2D eigenvalue weighted by Crippen LogP contribution is 2.08. The van der Waals surface area contributed by atoms with Crippen molar-refractivity contribution < 1.29 is 28.7 Å². The van der Waals surface area contributed by atoms with Crippen LogP contribution in [0, 0.1) is 0 Å². The number of methoxy groups -OCH3 is 1. The maximum Gasteiger partial charge on any atom is 0.328 e. The van der Waals surface area contributed by atoms with Crippen molar-refractivity contribution in [1.29, 1.82) is 0 Å². The molecule has 31 heavy (non-hydrogen) atoms. The highest BCUT2D eigenvalue weighted by atomic mass is 16.5. The molecule has 0 heterocycles. The van der Waals surface area contributed by atoms with Gasteiger partial charge in [0.2, 0.25) is 17.7 Å². The van der Waals surface area contributed by atoms with E-state index in [1.807, 2.05) is 20.8 Å². The normalized spacial score (nSPS) is 13.8. The number of nitrogens with one attached hydrogen (secondary N) is 3. The molecule has 0 aliphatic rings. The highest BCUT2D eigenvalue weighted by Gasteiger charge is 2.28. The van der Waals surface area contributed by atoms with Crippen molar-refractivity contribution in [2.75, 3.05) is 13.7 Å². The molecule has 0 bridgehead atoms. The number of hydrogen-bond donors (Lipinski definition) is 3. The van der Waals surface area contributed by atoms with Crippen LogP contribution < -0.4 is 16.0 Å². The third kappa shape index (κ3) is 12.6. The number of amides is 3. The maximum absolute atomic E-state index is 12.7. The average molecular weight is 440 g/mol. The van der Waals surface area contributed by atoms with Crippen LogP contribution in [0.15, 0.2) is 25.3 Å². The number of unbranched alkanes of at least 4 members (excludes halogenated alkanes) is 1. The van der Waals surface area contributed by atoms with Crippen LogP contribution in [0.1, 0.15) is 53.4 Å². The number of hydrogen-bond acceptors (Lipinski definition) is 6. The Morgan fingerprint density at radius 2 is 1.61 bits per heavy atom. The van der Waals surface area contributed by atoms with E-state index in [0.717, 1.165) is 0 Å². The van der Waals surface area contributed by atoms with Crippen molar-refractivity contribution in [2.24, 2.45) is 0 Å². The summed E-state index contributed by atoms with van der Waals surface area (Å²) in [4.78, 5) is 49.1. The molecule has 0 fully saturated rings. The molecule has 0 unspecified atom stereocenters. The first-order chi connectivity index (χ1) is 14.4. The first-order valence-corrected chi connectivity index (χ1v) is 10.3.